The number of fused-ring (bicyclic) bond motifs is 1. The molecular formula is C21H26N4O. The summed E-state index contributed by atoms with van der Waals surface area (Å²) in [5.74, 6) is 0. The fourth-order valence-electron chi connectivity index (χ4n) is 3.91. The Morgan fingerprint density at radius 3 is 2.46 bits per heavy atom. The van der Waals surface area contributed by atoms with E-state index in [1.807, 2.05) is 28.8 Å². The molecule has 5 heteroatoms. The Kier molecular flexibility index (Phi) is 4.80. The SMILES string of the molecule is Cc1ccccc1N1CCN(CCCn2c(=O)[nH]c3ccccc32)CC1. The van der Waals surface area contributed by atoms with Crippen LogP contribution < -0.4 is 10.6 Å². The Balaban J connectivity index is 1.31. The smallest absolute Gasteiger partial charge is 0.326 e. The zero-order chi connectivity index (χ0) is 17.9. The van der Waals surface area contributed by atoms with E-state index < -0.39 is 0 Å². The van der Waals surface area contributed by atoms with Gasteiger partial charge in [-0.3, -0.25) is 9.47 Å². The zero-order valence-electron chi connectivity index (χ0n) is 15.3. The molecule has 0 spiro atoms. The second-order valence-electron chi connectivity index (χ2n) is 7.07. The standard InChI is InChI=1S/C21H26N4O/c1-17-7-2-4-9-19(17)24-15-13-23(14-16-24)11-6-12-25-20-10-5-3-8-18(20)22-21(25)26/h2-5,7-10H,6,11-16H2,1H3,(H,22,26). The van der Waals surface area contributed by atoms with Crippen molar-refractivity contribution < 1.29 is 0 Å². The molecule has 3 aromatic rings. The number of rotatable bonds is 5. The van der Waals surface area contributed by atoms with Crippen molar-refractivity contribution in [3.63, 3.8) is 0 Å². The molecule has 0 saturated carbocycles. The largest absolute Gasteiger partial charge is 0.369 e. The molecule has 1 fully saturated rings. The van der Waals surface area contributed by atoms with Crippen LogP contribution in [0, 0.1) is 6.92 Å². The lowest BCUT2D eigenvalue weighted by atomic mass is 10.1. The molecule has 0 bridgehead atoms. The van der Waals surface area contributed by atoms with Crippen LogP contribution in [0.5, 0.6) is 0 Å². The van der Waals surface area contributed by atoms with Gasteiger partial charge >= 0.3 is 5.69 Å². The van der Waals surface area contributed by atoms with Crippen LogP contribution in [0.2, 0.25) is 0 Å². The van der Waals surface area contributed by atoms with Crippen molar-refractivity contribution in [3.8, 4) is 0 Å². The van der Waals surface area contributed by atoms with E-state index in [1.165, 1.54) is 11.3 Å². The van der Waals surface area contributed by atoms with E-state index in [0.29, 0.717) is 0 Å². The van der Waals surface area contributed by atoms with Gasteiger partial charge in [0.1, 0.15) is 0 Å². The number of para-hydroxylation sites is 3. The Labute approximate surface area is 153 Å². The highest BCUT2D eigenvalue weighted by Gasteiger charge is 2.18. The van der Waals surface area contributed by atoms with Crippen LogP contribution in [0.1, 0.15) is 12.0 Å². The number of aromatic amines is 1. The summed E-state index contributed by atoms with van der Waals surface area (Å²) < 4.78 is 1.86. The molecule has 0 atom stereocenters. The van der Waals surface area contributed by atoms with Crippen molar-refractivity contribution in [1.82, 2.24) is 14.5 Å². The van der Waals surface area contributed by atoms with E-state index in [-0.39, 0.29) is 5.69 Å². The molecule has 1 aliphatic rings. The fraction of sp³-hybridized carbons (Fsp3) is 0.381. The van der Waals surface area contributed by atoms with Gasteiger partial charge in [-0.25, -0.2) is 4.79 Å². The first-order chi connectivity index (χ1) is 12.7. The second-order valence-corrected chi connectivity index (χ2v) is 7.07. The van der Waals surface area contributed by atoms with Gasteiger partial charge in [-0.1, -0.05) is 30.3 Å². The van der Waals surface area contributed by atoms with Gasteiger partial charge in [0.25, 0.3) is 0 Å². The molecule has 1 aromatic heterocycles. The van der Waals surface area contributed by atoms with E-state index in [9.17, 15) is 4.79 Å². The second kappa shape index (κ2) is 7.38. The molecule has 0 aliphatic carbocycles. The minimum atomic E-state index is -0.00410. The number of aryl methyl sites for hydroxylation is 2. The van der Waals surface area contributed by atoms with Crippen LogP contribution in [-0.4, -0.2) is 47.2 Å². The summed E-state index contributed by atoms with van der Waals surface area (Å²) in [5, 5.41) is 0. The molecule has 5 nitrogen and oxygen atoms in total. The predicted molar refractivity (Wildman–Crippen MR) is 107 cm³/mol. The average molecular weight is 350 g/mol. The van der Waals surface area contributed by atoms with Crippen molar-refractivity contribution in [2.45, 2.75) is 19.9 Å². The van der Waals surface area contributed by atoms with Crippen molar-refractivity contribution in [2.75, 3.05) is 37.6 Å². The van der Waals surface area contributed by atoms with Crippen molar-refractivity contribution >= 4 is 16.7 Å². The summed E-state index contributed by atoms with van der Waals surface area (Å²) in [5.41, 5.74) is 4.62. The highest BCUT2D eigenvalue weighted by molar-refractivity contribution is 5.74. The van der Waals surface area contributed by atoms with E-state index in [2.05, 4.69) is 46.0 Å². The van der Waals surface area contributed by atoms with Crippen LogP contribution >= 0.6 is 0 Å². The monoisotopic (exact) mass is 350 g/mol. The number of hydrogen-bond acceptors (Lipinski definition) is 3. The Hall–Kier alpha value is -2.53. The number of imidazole rings is 1. The highest BCUT2D eigenvalue weighted by atomic mass is 16.1. The predicted octanol–water partition coefficient (Wildman–Crippen LogP) is 2.85. The molecular weight excluding hydrogens is 324 g/mol. The van der Waals surface area contributed by atoms with Crippen LogP contribution in [0.3, 0.4) is 0 Å². The van der Waals surface area contributed by atoms with Crippen molar-refractivity contribution in [3.05, 3.63) is 64.6 Å². The molecule has 1 N–H and O–H groups in total. The van der Waals surface area contributed by atoms with E-state index in [0.717, 1.165) is 56.7 Å². The maximum atomic E-state index is 12.1. The van der Waals surface area contributed by atoms with Gasteiger partial charge in [-0.15, -0.1) is 0 Å². The number of nitrogens with one attached hydrogen (secondary N) is 1. The molecule has 2 heterocycles. The number of H-pyrrole nitrogens is 1. The highest BCUT2D eigenvalue weighted by Crippen LogP contribution is 2.20. The maximum absolute atomic E-state index is 12.1. The van der Waals surface area contributed by atoms with Gasteiger partial charge in [0.2, 0.25) is 0 Å². The summed E-state index contributed by atoms with van der Waals surface area (Å²) in [6, 6.07) is 16.5. The third-order valence-electron chi connectivity index (χ3n) is 5.37. The van der Waals surface area contributed by atoms with E-state index in [1.54, 1.807) is 0 Å². The lowest BCUT2D eigenvalue weighted by molar-refractivity contribution is 0.250. The van der Waals surface area contributed by atoms with Gasteiger partial charge in [0, 0.05) is 38.4 Å². The van der Waals surface area contributed by atoms with Crippen LogP contribution in [0.15, 0.2) is 53.3 Å². The number of benzene rings is 2. The lowest BCUT2D eigenvalue weighted by Gasteiger charge is -2.36. The summed E-state index contributed by atoms with van der Waals surface area (Å²) in [7, 11) is 0. The van der Waals surface area contributed by atoms with Gasteiger partial charge in [-0.2, -0.15) is 0 Å². The topological polar surface area (TPSA) is 44.3 Å². The molecule has 0 unspecified atom stereocenters. The third-order valence-corrected chi connectivity index (χ3v) is 5.37. The number of aromatic nitrogens is 2. The Morgan fingerprint density at radius 2 is 1.65 bits per heavy atom. The number of anilines is 1. The van der Waals surface area contributed by atoms with Crippen LogP contribution in [0.25, 0.3) is 11.0 Å². The third kappa shape index (κ3) is 3.40. The van der Waals surface area contributed by atoms with Gasteiger partial charge in [0.05, 0.1) is 11.0 Å². The Bertz CT molecular complexity index is 934. The first kappa shape index (κ1) is 16.9. The maximum Gasteiger partial charge on any atom is 0.326 e. The number of nitrogens with zero attached hydrogens (tertiary/aromatic N) is 3. The Morgan fingerprint density at radius 1 is 0.923 bits per heavy atom. The summed E-state index contributed by atoms with van der Waals surface area (Å²) in [4.78, 5) is 20.1. The number of hydrogen-bond donors (Lipinski definition) is 1. The molecule has 0 amide bonds. The van der Waals surface area contributed by atoms with Gasteiger partial charge < -0.3 is 9.88 Å². The molecule has 136 valence electrons. The van der Waals surface area contributed by atoms with Crippen molar-refractivity contribution in [2.24, 2.45) is 0 Å². The van der Waals surface area contributed by atoms with E-state index in [4.69, 9.17) is 0 Å². The van der Waals surface area contributed by atoms with Crippen LogP contribution in [-0.2, 0) is 6.54 Å². The zero-order valence-corrected chi connectivity index (χ0v) is 15.3. The summed E-state index contributed by atoms with van der Waals surface area (Å²) >= 11 is 0. The van der Waals surface area contributed by atoms with Crippen molar-refractivity contribution in [1.29, 1.82) is 0 Å². The lowest BCUT2D eigenvalue weighted by Crippen LogP contribution is -2.47. The van der Waals surface area contributed by atoms with Crippen LogP contribution in [0.4, 0.5) is 5.69 Å². The molecule has 4 rings (SSSR count). The first-order valence-corrected chi connectivity index (χ1v) is 9.43. The average Bonchev–Trinajstić information content (AvgIpc) is 2.98. The molecule has 2 aromatic carbocycles. The molecule has 0 radical (unpaired) electrons. The first-order valence-electron chi connectivity index (χ1n) is 9.43. The quantitative estimate of drug-likeness (QED) is 0.770. The minimum Gasteiger partial charge on any atom is -0.369 e. The van der Waals surface area contributed by atoms with E-state index >= 15 is 0 Å². The fourth-order valence-corrected chi connectivity index (χ4v) is 3.91. The molecule has 1 saturated heterocycles. The van der Waals surface area contributed by atoms with Gasteiger partial charge in [-0.05, 0) is 43.7 Å². The summed E-state index contributed by atoms with van der Waals surface area (Å²) in [6.45, 7) is 8.28. The van der Waals surface area contributed by atoms with Gasteiger partial charge in [0.15, 0.2) is 0 Å². The minimum absolute atomic E-state index is 0.00410. The molecule has 26 heavy (non-hydrogen) atoms. The number of piperazine rings is 1. The molecule has 1 aliphatic heterocycles. The summed E-state index contributed by atoms with van der Waals surface area (Å²) in [6.07, 6.45) is 0.992. The normalized spacial score (nSPS) is 15.7.